The van der Waals surface area contributed by atoms with E-state index in [0.29, 0.717) is 6.61 Å². The molecule has 0 heterocycles. The van der Waals surface area contributed by atoms with Gasteiger partial charge in [0, 0.05) is 18.7 Å². The second kappa shape index (κ2) is 7.77. The number of benzene rings is 3. The van der Waals surface area contributed by atoms with E-state index in [9.17, 15) is 0 Å². The molecule has 0 unspecified atom stereocenters. The van der Waals surface area contributed by atoms with Gasteiger partial charge in [0.05, 0.1) is 6.61 Å². The molecule has 0 aromatic heterocycles. The fourth-order valence-corrected chi connectivity index (χ4v) is 2.64. The van der Waals surface area contributed by atoms with Gasteiger partial charge in [-0.25, -0.2) is 0 Å². The minimum absolute atomic E-state index is 0.0266. The molecule has 3 nitrogen and oxygen atoms in total. The van der Waals surface area contributed by atoms with Crippen LogP contribution in [0.4, 0.5) is 0 Å². The van der Waals surface area contributed by atoms with Gasteiger partial charge in [-0.1, -0.05) is 54.6 Å². The van der Waals surface area contributed by atoms with Crippen molar-refractivity contribution in [3.05, 3.63) is 77.9 Å². The Morgan fingerprint density at radius 3 is 2.48 bits per heavy atom. The van der Waals surface area contributed by atoms with E-state index in [-0.39, 0.29) is 6.61 Å². The number of fused-ring (bicyclic) bond motifs is 1. The van der Waals surface area contributed by atoms with E-state index in [1.165, 1.54) is 16.3 Å². The number of nitrogens with one attached hydrogen (secondary N) is 1. The Labute approximate surface area is 136 Å². The summed E-state index contributed by atoms with van der Waals surface area (Å²) in [7, 11) is 0. The number of hydrogen-bond donors (Lipinski definition) is 2. The van der Waals surface area contributed by atoms with Crippen molar-refractivity contribution in [2.45, 2.75) is 13.1 Å². The topological polar surface area (TPSA) is 41.5 Å². The highest BCUT2D eigenvalue weighted by Gasteiger charge is 2.03. The first-order valence-electron chi connectivity index (χ1n) is 7.87. The maximum absolute atomic E-state index is 8.89. The average molecular weight is 307 g/mol. The maximum atomic E-state index is 8.89. The smallest absolute Gasteiger partial charge is 0.123 e. The van der Waals surface area contributed by atoms with Crippen molar-refractivity contribution in [1.82, 2.24) is 5.32 Å². The van der Waals surface area contributed by atoms with Crippen LogP contribution in [0.2, 0.25) is 0 Å². The molecule has 118 valence electrons. The largest absolute Gasteiger partial charge is 0.491 e. The minimum atomic E-state index is 0.0266. The van der Waals surface area contributed by atoms with Crippen LogP contribution in [0.3, 0.4) is 0 Å². The lowest BCUT2D eigenvalue weighted by Crippen LogP contribution is -2.14. The molecule has 0 fully saturated rings. The SMILES string of the molecule is OCCOc1ccccc1CNCc1ccc2ccccc2c1. The summed E-state index contributed by atoms with van der Waals surface area (Å²) >= 11 is 0. The predicted molar refractivity (Wildman–Crippen MR) is 93.5 cm³/mol. The average Bonchev–Trinajstić information content (AvgIpc) is 2.61. The zero-order valence-corrected chi connectivity index (χ0v) is 13.0. The Hall–Kier alpha value is -2.36. The van der Waals surface area contributed by atoms with Gasteiger partial charge in [-0.2, -0.15) is 0 Å². The first-order chi connectivity index (χ1) is 11.4. The van der Waals surface area contributed by atoms with Gasteiger partial charge in [0.2, 0.25) is 0 Å². The molecule has 0 amide bonds. The molecular formula is C20H21NO2. The van der Waals surface area contributed by atoms with E-state index in [1.54, 1.807) is 0 Å². The van der Waals surface area contributed by atoms with Gasteiger partial charge in [-0.15, -0.1) is 0 Å². The molecule has 0 bridgehead atoms. The number of aliphatic hydroxyl groups is 1. The van der Waals surface area contributed by atoms with Crippen LogP contribution in [0.15, 0.2) is 66.7 Å². The summed E-state index contributed by atoms with van der Waals surface area (Å²) in [4.78, 5) is 0. The highest BCUT2D eigenvalue weighted by molar-refractivity contribution is 5.82. The van der Waals surface area contributed by atoms with E-state index in [2.05, 4.69) is 47.8 Å². The van der Waals surface area contributed by atoms with Crippen molar-refractivity contribution in [2.24, 2.45) is 0 Å². The zero-order chi connectivity index (χ0) is 15.9. The van der Waals surface area contributed by atoms with E-state index < -0.39 is 0 Å². The van der Waals surface area contributed by atoms with Crippen LogP contribution in [0.5, 0.6) is 5.75 Å². The number of hydrogen-bond acceptors (Lipinski definition) is 3. The molecule has 0 atom stereocenters. The zero-order valence-electron chi connectivity index (χ0n) is 13.0. The summed E-state index contributed by atoms with van der Waals surface area (Å²) < 4.78 is 5.56. The summed E-state index contributed by atoms with van der Waals surface area (Å²) in [5, 5.41) is 14.9. The molecular weight excluding hydrogens is 286 g/mol. The highest BCUT2D eigenvalue weighted by atomic mass is 16.5. The Bertz CT molecular complexity index is 770. The van der Waals surface area contributed by atoms with Crippen LogP contribution < -0.4 is 10.1 Å². The molecule has 2 N–H and O–H groups in total. The van der Waals surface area contributed by atoms with Gasteiger partial charge in [0.25, 0.3) is 0 Å². The molecule has 3 aromatic carbocycles. The number of ether oxygens (including phenoxy) is 1. The van der Waals surface area contributed by atoms with Gasteiger partial charge in [-0.05, 0) is 28.5 Å². The van der Waals surface area contributed by atoms with Crippen molar-refractivity contribution < 1.29 is 9.84 Å². The van der Waals surface area contributed by atoms with Gasteiger partial charge in [0.1, 0.15) is 12.4 Å². The number of aliphatic hydroxyl groups excluding tert-OH is 1. The monoisotopic (exact) mass is 307 g/mol. The van der Waals surface area contributed by atoms with Crippen LogP contribution in [0.1, 0.15) is 11.1 Å². The standard InChI is InChI=1S/C20H21NO2/c22-11-12-23-20-8-4-3-7-19(20)15-21-14-16-9-10-17-5-1-2-6-18(17)13-16/h1-10,13,21-22H,11-12,14-15H2. The van der Waals surface area contributed by atoms with Crippen molar-refractivity contribution in [2.75, 3.05) is 13.2 Å². The Morgan fingerprint density at radius 1 is 0.826 bits per heavy atom. The number of para-hydroxylation sites is 1. The summed E-state index contributed by atoms with van der Waals surface area (Å²) in [5.41, 5.74) is 2.36. The van der Waals surface area contributed by atoms with Crippen LogP contribution in [-0.4, -0.2) is 18.3 Å². The summed E-state index contributed by atoms with van der Waals surface area (Å²) in [6.07, 6.45) is 0. The third-order valence-electron chi connectivity index (χ3n) is 3.78. The lowest BCUT2D eigenvalue weighted by Gasteiger charge is -2.11. The minimum Gasteiger partial charge on any atom is -0.491 e. The van der Waals surface area contributed by atoms with E-state index in [4.69, 9.17) is 9.84 Å². The summed E-state index contributed by atoms with van der Waals surface area (Å²) in [6, 6.07) is 22.8. The van der Waals surface area contributed by atoms with Crippen molar-refractivity contribution in [3.63, 3.8) is 0 Å². The second-order valence-corrected chi connectivity index (χ2v) is 5.46. The molecule has 3 aromatic rings. The molecule has 0 aliphatic carbocycles. The molecule has 0 saturated heterocycles. The van der Waals surface area contributed by atoms with Gasteiger partial charge in [-0.3, -0.25) is 0 Å². The van der Waals surface area contributed by atoms with Crippen LogP contribution >= 0.6 is 0 Å². The molecule has 0 aliphatic heterocycles. The van der Waals surface area contributed by atoms with Crippen LogP contribution in [0.25, 0.3) is 10.8 Å². The lowest BCUT2D eigenvalue weighted by molar-refractivity contribution is 0.200. The van der Waals surface area contributed by atoms with Gasteiger partial charge < -0.3 is 15.2 Å². The molecule has 0 aliphatic rings. The molecule has 23 heavy (non-hydrogen) atoms. The third kappa shape index (κ3) is 4.09. The highest BCUT2D eigenvalue weighted by Crippen LogP contribution is 2.18. The van der Waals surface area contributed by atoms with Gasteiger partial charge in [0.15, 0.2) is 0 Å². The lowest BCUT2D eigenvalue weighted by atomic mass is 10.1. The Morgan fingerprint density at radius 2 is 1.61 bits per heavy atom. The van der Waals surface area contributed by atoms with Gasteiger partial charge >= 0.3 is 0 Å². The van der Waals surface area contributed by atoms with Crippen LogP contribution in [-0.2, 0) is 13.1 Å². The van der Waals surface area contributed by atoms with E-state index in [1.807, 2.05) is 24.3 Å². The molecule has 3 heteroatoms. The second-order valence-electron chi connectivity index (χ2n) is 5.46. The molecule has 0 saturated carbocycles. The Balaban J connectivity index is 1.62. The normalized spacial score (nSPS) is 10.8. The fourth-order valence-electron chi connectivity index (χ4n) is 2.64. The maximum Gasteiger partial charge on any atom is 0.123 e. The third-order valence-corrected chi connectivity index (χ3v) is 3.78. The molecule has 3 rings (SSSR count). The van der Waals surface area contributed by atoms with E-state index >= 15 is 0 Å². The first-order valence-corrected chi connectivity index (χ1v) is 7.87. The van der Waals surface area contributed by atoms with Crippen molar-refractivity contribution >= 4 is 10.8 Å². The molecule has 0 radical (unpaired) electrons. The predicted octanol–water partition coefficient (Wildman–Crippen LogP) is 3.50. The van der Waals surface area contributed by atoms with Crippen molar-refractivity contribution in [1.29, 1.82) is 0 Å². The molecule has 0 spiro atoms. The first kappa shape index (κ1) is 15.5. The van der Waals surface area contributed by atoms with Crippen LogP contribution in [0, 0.1) is 0 Å². The van der Waals surface area contributed by atoms with E-state index in [0.717, 1.165) is 24.4 Å². The summed E-state index contributed by atoms with van der Waals surface area (Å²) in [6.45, 7) is 1.88. The Kier molecular flexibility index (Phi) is 5.25. The fraction of sp³-hybridized carbons (Fsp3) is 0.200. The summed E-state index contributed by atoms with van der Waals surface area (Å²) in [5.74, 6) is 0.826. The quantitative estimate of drug-likeness (QED) is 0.702. The van der Waals surface area contributed by atoms with Crippen molar-refractivity contribution in [3.8, 4) is 5.75 Å². The number of rotatable bonds is 7.